The number of benzene rings is 1. The molecule has 6 heterocycles. The van der Waals surface area contributed by atoms with Gasteiger partial charge in [0.15, 0.2) is 12.4 Å². The van der Waals surface area contributed by atoms with E-state index in [1.54, 1.807) is 17.1 Å². The summed E-state index contributed by atoms with van der Waals surface area (Å²) in [5, 5.41) is 16.7. The van der Waals surface area contributed by atoms with Gasteiger partial charge in [0.2, 0.25) is 0 Å². The third-order valence-corrected chi connectivity index (χ3v) is 7.45. The van der Waals surface area contributed by atoms with E-state index in [-0.39, 0.29) is 18.5 Å². The molecule has 4 atom stereocenters. The van der Waals surface area contributed by atoms with Gasteiger partial charge in [-0.15, -0.1) is 0 Å². The second kappa shape index (κ2) is 9.40. The smallest absolute Gasteiger partial charge is 0.173 e. The number of aliphatic hydroxyl groups is 1. The zero-order valence-electron chi connectivity index (χ0n) is 21.6. The summed E-state index contributed by atoms with van der Waals surface area (Å²) in [4.78, 5) is 15.3. The van der Waals surface area contributed by atoms with Crippen LogP contribution in [0.4, 0.5) is 16.0 Å². The van der Waals surface area contributed by atoms with Crippen LogP contribution in [0.15, 0.2) is 55.1 Å². The van der Waals surface area contributed by atoms with Gasteiger partial charge in [-0.3, -0.25) is 0 Å². The molecule has 40 heavy (non-hydrogen) atoms. The highest BCUT2D eigenvalue weighted by atomic mass is 19.1. The second-order valence-corrected chi connectivity index (χ2v) is 10.3. The molecule has 7 rings (SSSR count). The quantitative estimate of drug-likeness (QED) is 0.288. The summed E-state index contributed by atoms with van der Waals surface area (Å²) in [5.41, 5.74) is 14.6. The first-order valence-electron chi connectivity index (χ1n) is 13.0. The lowest BCUT2D eigenvalue weighted by atomic mass is 10.1. The first kappa shape index (κ1) is 24.7. The first-order chi connectivity index (χ1) is 19.4. The van der Waals surface area contributed by atoms with Crippen LogP contribution < -0.4 is 21.1 Å². The van der Waals surface area contributed by atoms with Crippen molar-refractivity contribution in [2.75, 3.05) is 30.3 Å². The Morgan fingerprint density at radius 1 is 1.18 bits per heavy atom. The third kappa shape index (κ3) is 4.10. The van der Waals surface area contributed by atoms with Gasteiger partial charge in [-0.2, -0.15) is 5.10 Å². The molecule has 2 aliphatic rings. The van der Waals surface area contributed by atoms with Crippen molar-refractivity contribution in [1.29, 1.82) is 0 Å². The van der Waals surface area contributed by atoms with Crippen molar-refractivity contribution in [2.24, 2.45) is 5.73 Å². The van der Waals surface area contributed by atoms with E-state index in [1.807, 2.05) is 43.3 Å². The van der Waals surface area contributed by atoms with Crippen molar-refractivity contribution >= 4 is 33.6 Å². The van der Waals surface area contributed by atoms with E-state index in [0.717, 1.165) is 35.5 Å². The Labute approximate surface area is 227 Å². The van der Waals surface area contributed by atoms with Gasteiger partial charge in [-0.05, 0) is 37.3 Å². The van der Waals surface area contributed by atoms with Crippen LogP contribution in [-0.4, -0.2) is 78.5 Å². The van der Waals surface area contributed by atoms with E-state index in [0.29, 0.717) is 22.5 Å². The predicted octanol–water partition coefficient (Wildman–Crippen LogP) is 1.88. The monoisotopic (exact) mass is 545 g/mol. The number of anilines is 2. The Morgan fingerprint density at radius 3 is 2.77 bits per heavy atom. The van der Waals surface area contributed by atoms with Gasteiger partial charge >= 0.3 is 0 Å². The van der Waals surface area contributed by atoms with Crippen LogP contribution in [0.25, 0.3) is 27.6 Å². The molecule has 2 fully saturated rings. The third-order valence-electron chi connectivity index (χ3n) is 7.45. The van der Waals surface area contributed by atoms with Gasteiger partial charge in [0.05, 0.1) is 22.3 Å². The number of fused-ring (bicyclic) bond motifs is 2. The zero-order chi connectivity index (χ0) is 27.5. The summed E-state index contributed by atoms with van der Waals surface area (Å²) in [6.07, 6.45) is -0.504. The van der Waals surface area contributed by atoms with E-state index >= 15 is 4.39 Å². The Balaban J connectivity index is 1.12. The van der Waals surface area contributed by atoms with Crippen LogP contribution in [0.1, 0.15) is 11.9 Å². The minimum absolute atomic E-state index is 0.0637. The number of aryl methyl sites for hydroxylation is 1. The molecule has 5 aromatic rings. The number of aromatic nitrogens is 6. The molecule has 13 heteroatoms. The van der Waals surface area contributed by atoms with Crippen molar-refractivity contribution in [3.63, 3.8) is 0 Å². The fraction of sp³-hybridized carbons (Fsp3) is 0.333. The Kier molecular flexibility index (Phi) is 5.80. The van der Waals surface area contributed by atoms with Crippen LogP contribution >= 0.6 is 0 Å². The van der Waals surface area contributed by atoms with Gasteiger partial charge < -0.3 is 35.5 Å². The molecule has 206 valence electrons. The van der Waals surface area contributed by atoms with Crippen LogP contribution in [0, 0.1) is 6.92 Å². The molecule has 0 radical (unpaired) electrons. The minimum Gasteiger partial charge on any atom is -0.491 e. The lowest BCUT2D eigenvalue weighted by Gasteiger charge is -2.37. The lowest BCUT2D eigenvalue weighted by molar-refractivity contribution is -0.0410. The standard InChI is InChI=1S/C27H28FN9O3/c1-14-6-7-37(34-14)19-11-36(26-22(19)25(30)31-13-32-26)27-23(28)24(38)20(40-27)12-39-17-4-2-15-3-5-21(33-18(15)8-17)35-9-16(29)10-35/h2-8,11,13,16,20,23-24,27,38H,9-10,12,29H2,1H3,(H2,30,31,32)/t20?,23-,24+,27+/m0/s1. The molecule has 4 aromatic heterocycles. The maximum Gasteiger partial charge on any atom is 0.173 e. The van der Waals surface area contributed by atoms with Crippen LogP contribution in [-0.2, 0) is 4.74 Å². The summed E-state index contributed by atoms with van der Waals surface area (Å²) in [6.45, 7) is 3.34. The molecule has 0 bridgehead atoms. The van der Waals surface area contributed by atoms with Crippen molar-refractivity contribution in [3.8, 4) is 11.4 Å². The molecule has 2 aliphatic heterocycles. The average molecular weight is 546 g/mol. The molecule has 1 unspecified atom stereocenters. The number of halogens is 1. The summed E-state index contributed by atoms with van der Waals surface area (Å²) in [6, 6.07) is 11.5. The fourth-order valence-corrected chi connectivity index (χ4v) is 5.30. The second-order valence-electron chi connectivity index (χ2n) is 10.3. The Hall–Kier alpha value is -4.33. The molecule has 2 saturated heterocycles. The summed E-state index contributed by atoms with van der Waals surface area (Å²) >= 11 is 0. The van der Waals surface area contributed by atoms with Crippen molar-refractivity contribution in [1.82, 2.24) is 29.3 Å². The predicted molar refractivity (Wildman–Crippen MR) is 146 cm³/mol. The number of nitrogen functional groups attached to an aromatic ring is 1. The number of ether oxygens (including phenoxy) is 2. The molecular weight excluding hydrogens is 517 g/mol. The van der Waals surface area contributed by atoms with Crippen molar-refractivity contribution in [3.05, 3.63) is 60.8 Å². The highest BCUT2D eigenvalue weighted by molar-refractivity contribution is 5.94. The van der Waals surface area contributed by atoms with E-state index in [4.69, 9.17) is 25.9 Å². The topological polar surface area (TPSA) is 155 Å². The average Bonchev–Trinajstić information content (AvgIpc) is 3.61. The molecule has 12 nitrogen and oxygen atoms in total. The van der Waals surface area contributed by atoms with Gasteiger partial charge in [0, 0.05) is 43.0 Å². The zero-order valence-corrected chi connectivity index (χ0v) is 21.6. The molecule has 0 amide bonds. The van der Waals surface area contributed by atoms with Crippen molar-refractivity contribution < 1.29 is 19.0 Å². The number of alkyl halides is 1. The van der Waals surface area contributed by atoms with Crippen molar-refractivity contribution in [2.45, 2.75) is 37.6 Å². The summed E-state index contributed by atoms with van der Waals surface area (Å²) < 4.78 is 30.6. The Bertz CT molecular complexity index is 1720. The number of aliphatic hydroxyl groups excluding tert-OH is 1. The van der Waals surface area contributed by atoms with Gasteiger partial charge in [0.25, 0.3) is 0 Å². The molecule has 0 saturated carbocycles. The minimum atomic E-state index is -1.74. The summed E-state index contributed by atoms with van der Waals surface area (Å²) in [7, 11) is 0. The maximum atomic E-state index is 15.5. The normalized spacial score (nSPS) is 23.2. The number of nitrogens with zero attached hydrogens (tertiary/aromatic N) is 7. The number of hydrogen-bond donors (Lipinski definition) is 3. The highest BCUT2D eigenvalue weighted by Gasteiger charge is 2.46. The van der Waals surface area contributed by atoms with Gasteiger partial charge in [-0.25, -0.2) is 24.0 Å². The lowest BCUT2D eigenvalue weighted by Crippen LogP contribution is -2.56. The number of pyridine rings is 1. The number of nitrogens with two attached hydrogens (primary N) is 2. The molecular formula is C27H28FN9O3. The van der Waals surface area contributed by atoms with Gasteiger partial charge in [-0.1, -0.05) is 0 Å². The highest BCUT2D eigenvalue weighted by Crippen LogP contribution is 2.37. The largest absolute Gasteiger partial charge is 0.491 e. The SMILES string of the molecule is Cc1ccn(-c2cn([C@@H]3OC(COc4ccc5ccc(N6CC(N)C6)nc5c4)[C@@H](O)[C@@H]3F)c3ncnc(N)c23)n1. The van der Waals surface area contributed by atoms with Crippen LogP contribution in [0.5, 0.6) is 5.75 Å². The maximum absolute atomic E-state index is 15.5. The van der Waals surface area contributed by atoms with Crippen LogP contribution in [0.3, 0.4) is 0 Å². The summed E-state index contributed by atoms with van der Waals surface area (Å²) in [5.74, 6) is 1.62. The molecule has 0 spiro atoms. The fourth-order valence-electron chi connectivity index (χ4n) is 5.30. The van der Waals surface area contributed by atoms with Crippen LogP contribution in [0.2, 0.25) is 0 Å². The van der Waals surface area contributed by atoms with Gasteiger partial charge in [0.1, 0.15) is 48.2 Å². The molecule has 1 aromatic carbocycles. The first-order valence-corrected chi connectivity index (χ1v) is 13.0. The Morgan fingerprint density at radius 2 is 2.00 bits per heavy atom. The van der Waals surface area contributed by atoms with E-state index in [9.17, 15) is 5.11 Å². The number of hydrogen-bond acceptors (Lipinski definition) is 10. The van der Waals surface area contributed by atoms with E-state index < -0.39 is 24.6 Å². The van der Waals surface area contributed by atoms with E-state index in [2.05, 4.69) is 20.0 Å². The van der Waals surface area contributed by atoms with E-state index in [1.165, 1.54) is 10.9 Å². The molecule has 0 aliphatic carbocycles. The molecule has 5 N–H and O–H groups in total. The number of rotatable bonds is 6.